The van der Waals surface area contributed by atoms with E-state index < -0.39 is 5.91 Å². The Morgan fingerprint density at radius 2 is 2.08 bits per heavy atom. The number of hydrogen-bond acceptors (Lipinski definition) is 3. The number of rotatable bonds is 0. The zero-order valence-corrected chi connectivity index (χ0v) is 6.67. The summed E-state index contributed by atoms with van der Waals surface area (Å²) >= 11 is 5.51. The number of nitrogens with two attached hydrogens (primary N) is 1. The van der Waals surface area contributed by atoms with Gasteiger partial charge in [-0.15, -0.1) is 0 Å². The molecule has 0 saturated carbocycles. The first-order chi connectivity index (χ1) is 5.68. The van der Waals surface area contributed by atoms with Gasteiger partial charge in [-0.2, -0.15) is 0 Å². The Kier molecular flexibility index (Phi) is 2.62. The second-order valence-corrected chi connectivity index (χ2v) is 2.28. The van der Waals surface area contributed by atoms with E-state index >= 15 is 0 Å². The van der Waals surface area contributed by atoms with Crippen LogP contribution in [0, 0.1) is 11.8 Å². The zero-order valence-electron chi connectivity index (χ0n) is 5.91. The highest BCUT2D eigenvalue weighted by Crippen LogP contribution is 2.01. The minimum atomic E-state index is -0.714. The lowest BCUT2D eigenvalue weighted by atomic mass is 10.5. The summed E-state index contributed by atoms with van der Waals surface area (Å²) in [6.07, 6.45) is 2.78. The van der Waals surface area contributed by atoms with E-state index in [-0.39, 0.29) is 5.82 Å². The van der Waals surface area contributed by atoms with E-state index in [2.05, 4.69) is 21.8 Å². The lowest BCUT2D eigenvalue weighted by Gasteiger charge is -1.87. The van der Waals surface area contributed by atoms with Crippen molar-refractivity contribution < 1.29 is 4.79 Å². The second kappa shape index (κ2) is 3.69. The van der Waals surface area contributed by atoms with Crippen molar-refractivity contribution in [1.82, 2.24) is 9.97 Å². The number of aromatic nitrogens is 2. The normalized spacial score (nSPS) is 8.42. The second-order valence-electron chi connectivity index (χ2n) is 1.84. The minimum Gasteiger partial charge on any atom is -0.359 e. The molecular weight excluding hydrogens is 178 g/mol. The van der Waals surface area contributed by atoms with Gasteiger partial charge in [0.1, 0.15) is 0 Å². The van der Waals surface area contributed by atoms with Crippen molar-refractivity contribution in [3.05, 3.63) is 23.2 Å². The molecule has 2 N–H and O–H groups in total. The fourth-order valence-electron chi connectivity index (χ4n) is 0.494. The van der Waals surface area contributed by atoms with Crippen LogP contribution in [0.2, 0.25) is 5.02 Å². The molecule has 0 radical (unpaired) electrons. The van der Waals surface area contributed by atoms with E-state index in [4.69, 9.17) is 17.3 Å². The number of hydrogen-bond donors (Lipinski definition) is 1. The molecule has 0 aliphatic rings. The van der Waals surface area contributed by atoms with Crippen molar-refractivity contribution in [2.75, 3.05) is 0 Å². The van der Waals surface area contributed by atoms with Gasteiger partial charge in [0.25, 0.3) is 5.91 Å². The van der Waals surface area contributed by atoms with E-state index in [9.17, 15) is 4.79 Å². The Morgan fingerprint density at radius 1 is 1.50 bits per heavy atom. The van der Waals surface area contributed by atoms with Gasteiger partial charge in [-0.25, -0.2) is 9.97 Å². The van der Waals surface area contributed by atoms with Crippen LogP contribution in [0.4, 0.5) is 0 Å². The largest absolute Gasteiger partial charge is 0.359 e. The van der Waals surface area contributed by atoms with E-state index in [1.807, 2.05) is 0 Å². The van der Waals surface area contributed by atoms with Crippen LogP contribution in [0.5, 0.6) is 0 Å². The maximum atomic E-state index is 10.2. The molecule has 4 nitrogen and oxygen atoms in total. The highest BCUT2D eigenvalue weighted by Gasteiger charge is 1.90. The maximum absolute atomic E-state index is 10.2. The molecule has 1 aromatic heterocycles. The SMILES string of the molecule is NC(=O)C#Cc1ncc(Cl)cn1. The van der Waals surface area contributed by atoms with Gasteiger partial charge in [-0.05, 0) is 5.92 Å². The molecule has 0 aliphatic heterocycles. The van der Waals surface area contributed by atoms with Crippen LogP contribution in [0.25, 0.3) is 0 Å². The standard InChI is InChI=1S/C7H4ClN3O/c8-5-3-10-7(11-4-5)2-1-6(9)12/h3-4H,(H2,9,12). The number of halogens is 1. The Hall–Kier alpha value is -1.60. The predicted octanol–water partition coefficient (Wildman–Crippen LogP) is -0.0332. The molecule has 1 rings (SSSR count). The quantitative estimate of drug-likeness (QED) is 0.572. The number of nitrogens with zero attached hydrogens (tertiary/aromatic N) is 2. The maximum Gasteiger partial charge on any atom is 0.293 e. The van der Waals surface area contributed by atoms with Crippen LogP contribution in [0.3, 0.4) is 0 Å². The van der Waals surface area contributed by atoms with Crippen molar-refractivity contribution in [2.24, 2.45) is 5.73 Å². The van der Waals surface area contributed by atoms with E-state index in [0.29, 0.717) is 5.02 Å². The van der Waals surface area contributed by atoms with E-state index in [1.54, 1.807) is 0 Å². The fraction of sp³-hybridized carbons (Fsp3) is 0. The Bertz CT molecular complexity index is 349. The summed E-state index contributed by atoms with van der Waals surface area (Å²) in [5.41, 5.74) is 4.78. The van der Waals surface area contributed by atoms with Gasteiger partial charge in [0, 0.05) is 5.92 Å². The molecule has 0 atom stereocenters. The van der Waals surface area contributed by atoms with Gasteiger partial charge in [-0.1, -0.05) is 11.6 Å². The smallest absolute Gasteiger partial charge is 0.293 e. The lowest BCUT2D eigenvalue weighted by molar-refractivity contribution is -0.112. The summed E-state index contributed by atoms with van der Waals surface area (Å²) in [6, 6.07) is 0. The number of primary amides is 1. The molecular formula is C7H4ClN3O. The number of amides is 1. The Balaban J connectivity index is 2.86. The van der Waals surface area contributed by atoms with Crippen molar-refractivity contribution in [1.29, 1.82) is 0 Å². The molecule has 0 fully saturated rings. The molecule has 1 heterocycles. The average molecular weight is 182 g/mol. The first kappa shape index (κ1) is 8.50. The van der Waals surface area contributed by atoms with Crippen molar-refractivity contribution >= 4 is 17.5 Å². The number of carbonyl (C=O) groups excluding carboxylic acids is 1. The lowest BCUT2D eigenvalue weighted by Crippen LogP contribution is -2.06. The molecule has 1 amide bonds. The summed E-state index contributed by atoms with van der Waals surface area (Å²) in [5.74, 6) is 3.97. The van der Waals surface area contributed by atoms with Gasteiger partial charge in [0.15, 0.2) is 0 Å². The topological polar surface area (TPSA) is 68.9 Å². The minimum absolute atomic E-state index is 0.221. The molecule has 5 heteroatoms. The number of carbonyl (C=O) groups is 1. The molecule has 0 bridgehead atoms. The van der Waals surface area contributed by atoms with Gasteiger partial charge >= 0.3 is 0 Å². The van der Waals surface area contributed by atoms with Crippen LogP contribution in [0.15, 0.2) is 12.4 Å². The molecule has 12 heavy (non-hydrogen) atoms. The van der Waals surface area contributed by atoms with Gasteiger partial charge in [0.05, 0.1) is 17.4 Å². The van der Waals surface area contributed by atoms with Gasteiger partial charge < -0.3 is 5.73 Å². The van der Waals surface area contributed by atoms with Crippen molar-refractivity contribution in [3.8, 4) is 11.8 Å². The molecule has 0 aliphatic carbocycles. The van der Waals surface area contributed by atoms with Crippen LogP contribution < -0.4 is 5.73 Å². The highest BCUT2D eigenvalue weighted by atomic mass is 35.5. The van der Waals surface area contributed by atoms with Gasteiger partial charge in [-0.3, -0.25) is 4.79 Å². The van der Waals surface area contributed by atoms with Crippen LogP contribution in [0.1, 0.15) is 5.82 Å². The summed E-state index contributed by atoms with van der Waals surface area (Å²) in [6.45, 7) is 0. The zero-order chi connectivity index (χ0) is 8.97. The van der Waals surface area contributed by atoms with E-state index in [0.717, 1.165) is 0 Å². The monoisotopic (exact) mass is 181 g/mol. The van der Waals surface area contributed by atoms with Crippen LogP contribution in [-0.4, -0.2) is 15.9 Å². The van der Waals surface area contributed by atoms with Crippen LogP contribution >= 0.6 is 11.6 Å². The first-order valence-corrected chi connectivity index (χ1v) is 3.35. The van der Waals surface area contributed by atoms with Gasteiger partial charge in [0.2, 0.25) is 5.82 Å². The first-order valence-electron chi connectivity index (χ1n) is 2.97. The summed E-state index contributed by atoms with van der Waals surface area (Å²) in [4.78, 5) is 17.7. The molecule has 0 unspecified atom stereocenters. The molecule has 0 aromatic carbocycles. The Morgan fingerprint density at radius 3 is 2.58 bits per heavy atom. The summed E-state index contributed by atoms with van der Waals surface area (Å²) < 4.78 is 0. The third-order valence-electron chi connectivity index (χ3n) is 0.918. The Labute approximate surface area is 73.8 Å². The highest BCUT2D eigenvalue weighted by molar-refractivity contribution is 6.30. The summed E-state index contributed by atoms with van der Waals surface area (Å²) in [5, 5.41) is 0.416. The average Bonchev–Trinajstić information content (AvgIpc) is 2.03. The molecule has 60 valence electrons. The third kappa shape index (κ3) is 2.56. The fourth-order valence-corrected chi connectivity index (χ4v) is 0.592. The van der Waals surface area contributed by atoms with Crippen molar-refractivity contribution in [3.63, 3.8) is 0 Å². The van der Waals surface area contributed by atoms with Crippen LogP contribution in [-0.2, 0) is 4.79 Å². The molecule has 0 saturated heterocycles. The van der Waals surface area contributed by atoms with Crippen molar-refractivity contribution in [2.45, 2.75) is 0 Å². The third-order valence-corrected chi connectivity index (χ3v) is 1.11. The molecule has 0 spiro atoms. The molecule has 1 aromatic rings. The van der Waals surface area contributed by atoms with E-state index in [1.165, 1.54) is 12.4 Å². The summed E-state index contributed by atoms with van der Waals surface area (Å²) in [7, 11) is 0. The predicted molar refractivity (Wildman–Crippen MR) is 43.1 cm³/mol.